The third kappa shape index (κ3) is 1.05. The van der Waals surface area contributed by atoms with Gasteiger partial charge in [-0.05, 0) is 0 Å². The molecule has 0 bridgehead atoms. The van der Waals surface area contributed by atoms with Gasteiger partial charge in [-0.25, -0.2) is 4.98 Å². The van der Waals surface area contributed by atoms with Crippen LogP contribution < -0.4 is 10.9 Å². The van der Waals surface area contributed by atoms with Gasteiger partial charge in [0.25, 0.3) is 5.56 Å². The normalized spacial score (nSPS) is 16.0. The zero-order chi connectivity index (χ0) is 7.68. The molecule has 1 aliphatic heterocycles. The quantitative estimate of drug-likeness (QED) is 0.535. The topological polar surface area (TPSA) is 46.9 Å². The van der Waals surface area contributed by atoms with Crippen LogP contribution in [0.3, 0.4) is 0 Å². The summed E-state index contributed by atoms with van der Waals surface area (Å²) < 4.78 is 1.70. The molecule has 0 saturated carbocycles. The minimum Gasteiger partial charge on any atom is -0.308 e. The average Bonchev–Trinajstić information content (AvgIpc) is 2.06. The highest BCUT2D eigenvalue weighted by atomic mass is 16.1. The van der Waals surface area contributed by atoms with Crippen molar-refractivity contribution in [2.45, 2.75) is 13.1 Å². The van der Waals surface area contributed by atoms with Crippen molar-refractivity contribution in [3.63, 3.8) is 0 Å². The van der Waals surface area contributed by atoms with E-state index in [9.17, 15) is 4.79 Å². The number of nitrogens with one attached hydrogen (secondary N) is 1. The van der Waals surface area contributed by atoms with Crippen LogP contribution in [0.5, 0.6) is 0 Å². The second kappa shape index (κ2) is 2.47. The summed E-state index contributed by atoms with van der Waals surface area (Å²) in [5, 5.41) is 3.15. The third-order valence-electron chi connectivity index (χ3n) is 1.81. The standard InChI is InChI=1S/C7H9N3O/c11-7-1-2-9-6-5-8-3-4-10(6)7/h1-2,8H,3-5H2. The van der Waals surface area contributed by atoms with E-state index in [0.717, 1.165) is 18.9 Å². The van der Waals surface area contributed by atoms with Gasteiger partial charge in [-0.3, -0.25) is 9.36 Å². The minimum atomic E-state index is 0.0523. The molecule has 0 saturated heterocycles. The highest BCUT2D eigenvalue weighted by Gasteiger charge is 2.08. The Morgan fingerprint density at radius 3 is 3.36 bits per heavy atom. The number of fused-ring (bicyclic) bond motifs is 1. The summed E-state index contributed by atoms with van der Waals surface area (Å²) in [6.45, 7) is 2.30. The molecule has 2 rings (SSSR count). The molecular formula is C7H9N3O. The van der Waals surface area contributed by atoms with Gasteiger partial charge in [0.2, 0.25) is 0 Å². The lowest BCUT2D eigenvalue weighted by Crippen LogP contribution is -2.36. The number of aromatic nitrogens is 2. The summed E-state index contributed by atoms with van der Waals surface area (Å²) in [6, 6.07) is 1.49. The first-order valence-corrected chi connectivity index (χ1v) is 3.63. The van der Waals surface area contributed by atoms with Gasteiger partial charge in [-0.1, -0.05) is 0 Å². The van der Waals surface area contributed by atoms with Gasteiger partial charge in [0.05, 0.1) is 6.54 Å². The van der Waals surface area contributed by atoms with E-state index in [2.05, 4.69) is 10.3 Å². The van der Waals surface area contributed by atoms with E-state index >= 15 is 0 Å². The Kier molecular flexibility index (Phi) is 1.47. The lowest BCUT2D eigenvalue weighted by molar-refractivity contribution is 0.481. The molecule has 0 spiro atoms. The van der Waals surface area contributed by atoms with Crippen LogP contribution in [0.2, 0.25) is 0 Å². The van der Waals surface area contributed by atoms with Crippen LogP contribution >= 0.6 is 0 Å². The van der Waals surface area contributed by atoms with E-state index in [1.807, 2.05) is 0 Å². The molecule has 1 aromatic heterocycles. The van der Waals surface area contributed by atoms with Gasteiger partial charge >= 0.3 is 0 Å². The fraction of sp³-hybridized carbons (Fsp3) is 0.429. The van der Waals surface area contributed by atoms with Crippen LogP contribution in [-0.4, -0.2) is 16.1 Å². The summed E-state index contributed by atoms with van der Waals surface area (Å²) in [5.74, 6) is 0.837. The minimum absolute atomic E-state index is 0.0523. The maximum absolute atomic E-state index is 11.2. The van der Waals surface area contributed by atoms with Crippen LogP contribution in [0.4, 0.5) is 0 Å². The zero-order valence-corrected chi connectivity index (χ0v) is 6.08. The summed E-state index contributed by atoms with van der Waals surface area (Å²) in [4.78, 5) is 15.2. The van der Waals surface area contributed by atoms with Crippen LogP contribution in [0.1, 0.15) is 5.82 Å². The van der Waals surface area contributed by atoms with E-state index < -0.39 is 0 Å². The van der Waals surface area contributed by atoms with Crippen LogP contribution in [0.25, 0.3) is 0 Å². The molecule has 4 nitrogen and oxygen atoms in total. The molecule has 58 valence electrons. The number of nitrogens with zero attached hydrogens (tertiary/aromatic N) is 2. The van der Waals surface area contributed by atoms with Crippen LogP contribution in [-0.2, 0) is 13.1 Å². The zero-order valence-electron chi connectivity index (χ0n) is 6.08. The molecule has 0 unspecified atom stereocenters. The Morgan fingerprint density at radius 1 is 1.64 bits per heavy atom. The van der Waals surface area contributed by atoms with Crippen molar-refractivity contribution in [1.29, 1.82) is 0 Å². The fourth-order valence-corrected chi connectivity index (χ4v) is 1.25. The van der Waals surface area contributed by atoms with Gasteiger partial charge in [-0.15, -0.1) is 0 Å². The van der Waals surface area contributed by atoms with Crippen molar-refractivity contribution in [3.05, 3.63) is 28.4 Å². The molecule has 0 fully saturated rings. The summed E-state index contributed by atoms with van der Waals surface area (Å²) >= 11 is 0. The Hall–Kier alpha value is -1.16. The molecule has 1 N–H and O–H groups in total. The highest BCUT2D eigenvalue weighted by Crippen LogP contribution is 1.95. The Bertz CT molecular complexity index is 318. The number of hydrogen-bond acceptors (Lipinski definition) is 3. The van der Waals surface area contributed by atoms with Crippen molar-refractivity contribution < 1.29 is 0 Å². The van der Waals surface area contributed by atoms with Gasteiger partial charge in [0.15, 0.2) is 0 Å². The van der Waals surface area contributed by atoms with E-state index in [4.69, 9.17) is 0 Å². The predicted octanol–water partition coefficient (Wildman–Crippen LogP) is -0.653. The molecule has 1 aromatic rings. The van der Waals surface area contributed by atoms with Crippen molar-refractivity contribution >= 4 is 0 Å². The van der Waals surface area contributed by atoms with Gasteiger partial charge in [0, 0.05) is 25.4 Å². The summed E-state index contributed by atoms with van der Waals surface area (Å²) in [5.41, 5.74) is 0.0523. The van der Waals surface area contributed by atoms with Gasteiger partial charge < -0.3 is 5.32 Å². The number of rotatable bonds is 0. The summed E-state index contributed by atoms with van der Waals surface area (Å²) in [6.07, 6.45) is 1.56. The van der Waals surface area contributed by atoms with Crippen molar-refractivity contribution in [1.82, 2.24) is 14.9 Å². The molecule has 0 radical (unpaired) electrons. The van der Waals surface area contributed by atoms with E-state index in [-0.39, 0.29) is 5.56 Å². The van der Waals surface area contributed by atoms with Gasteiger partial charge in [0.1, 0.15) is 5.82 Å². The molecule has 2 heterocycles. The lowest BCUT2D eigenvalue weighted by Gasteiger charge is -2.16. The largest absolute Gasteiger partial charge is 0.308 e. The molecule has 0 aliphatic carbocycles. The van der Waals surface area contributed by atoms with E-state index in [1.165, 1.54) is 6.07 Å². The fourth-order valence-electron chi connectivity index (χ4n) is 1.25. The Balaban J connectivity index is 2.58. The average molecular weight is 151 g/mol. The predicted molar refractivity (Wildman–Crippen MR) is 40.2 cm³/mol. The van der Waals surface area contributed by atoms with E-state index in [1.54, 1.807) is 10.8 Å². The first-order valence-electron chi connectivity index (χ1n) is 3.63. The molecule has 0 amide bonds. The number of hydrogen-bond donors (Lipinski definition) is 1. The summed E-state index contributed by atoms with van der Waals surface area (Å²) in [7, 11) is 0. The van der Waals surface area contributed by atoms with Crippen molar-refractivity contribution in [3.8, 4) is 0 Å². The van der Waals surface area contributed by atoms with Crippen molar-refractivity contribution in [2.24, 2.45) is 0 Å². The smallest absolute Gasteiger partial charge is 0.253 e. The first-order chi connectivity index (χ1) is 5.38. The molecule has 0 aromatic carbocycles. The molecule has 0 atom stereocenters. The second-order valence-corrected chi connectivity index (χ2v) is 2.53. The maximum Gasteiger partial charge on any atom is 0.253 e. The van der Waals surface area contributed by atoms with Crippen LogP contribution in [0, 0.1) is 0 Å². The molecular weight excluding hydrogens is 142 g/mol. The second-order valence-electron chi connectivity index (χ2n) is 2.53. The molecule has 1 aliphatic rings. The Morgan fingerprint density at radius 2 is 2.55 bits per heavy atom. The molecule has 4 heteroatoms. The Labute approximate surface area is 63.9 Å². The first kappa shape index (κ1) is 6.54. The highest BCUT2D eigenvalue weighted by molar-refractivity contribution is 4.95. The molecule has 11 heavy (non-hydrogen) atoms. The van der Waals surface area contributed by atoms with Crippen LogP contribution in [0.15, 0.2) is 17.1 Å². The SMILES string of the molecule is O=c1ccnc2n1CCNC2. The monoisotopic (exact) mass is 151 g/mol. The van der Waals surface area contributed by atoms with E-state index in [0.29, 0.717) is 6.54 Å². The van der Waals surface area contributed by atoms with Crippen molar-refractivity contribution in [2.75, 3.05) is 6.54 Å². The third-order valence-corrected chi connectivity index (χ3v) is 1.81. The maximum atomic E-state index is 11.2. The lowest BCUT2D eigenvalue weighted by atomic mass is 10.4. The van der Waals surface area contributed by atoms with Gasteiger partial charge in [-0.2, -0.15) is 0 Å².